The highest BCUT2D eigenvalue weighted by Crippen LogP contribution is 2.34. The number of hydrogen-bond acceptors (Lipinski definition) is 4. The molecule has 2 heterocycles. The maximum absolute atomic E-state index is 12.1. The Morgan fingerprint density at radius 1 is 1.32 bits per heavy atom. The highest BCUT2D eigenvalue weighted by Gasteiger charge is 2.34. The van der Waals surface area contributed by atoms with E-state index >= 15 is 0 Å². The molecular weight excluding hydrogens is 372 g/mol. The monoisotopic (exact) mass is 386 g/mol. The largest absolute Gasteiger partial charge is 0.378 e. The zero-order valence-corrected chi connectivity index (χ0v) is 14.3. The van der Waals surface area contributed by atoms with Gasteiger partial charge in [0.05, 0.1) is 24.8 Å². The van der Waals surface area contributed by atoms with Crippen LogP contribution < -0.4 is 9.80 Å². The normalized spacial score (nSPS) is 22.3. The van der Waals surface area contributed by atoms with E-state index in [1.54, 1.807) is 4.90 Å². The molecule has 1 atom stereocenters. The smallest absolute Gasteiger partial charge is 0.227 e. The zero-order chi connectivity index (χ0) is 15.7. The van der Waals surface area contributed by atoms with Crippen molar-refractivity contribution >= 4 is 50.1 Å². The second-order valence-electron chi connectivity index (χ2n) is 5.44. The van der Waals surface area contributed by atoms with Crippen LogP contribution in [0.3, 0.4) is 0 Å². The fraction of sp³-hybridized carbons (Fsp3) is 0.467. The van der Waals surface area contributed by atoms with Crippen molar-refractivity contribution in [2.24, 2.45) is 5.92 Å². The van der Waals surface area contributed by atoms with Crippen LogP contribution in [0.1, 0.15) is 6.42 Å². The molecule has 0 bridgehead atoms. The number of benzene rings is 1. The molecule has 5 nitrogen and oxygen atoms in total. The summed E-state index contributed by atoms with van der Waals surface area (Å²) in [4.78, 5) is 27.2. The molecule has 2 aliphatic rings. The van der Waals surface area contributed by atoms with Crippen molar-refractivity contribution in [3.8, 4) is 0 Å². The number of carbonyl (C=O) groups is 2. The molecule has 1 aromatic carbocycles. The first-order valence-electron chi connectivity index (χ1n) is 7.18. The molecule has 1 aromatic rings. The van der Waals surface area contributed by atoms with Crippen LogP contribution in [-0.2, 0) is 14.3 Å². The molecule has 0 aromatic heterocycles. The topological polar surface area (TPSA) is 49.9 Å². The Balaban J connectivity index is 1.80. The fourth-order valence-electron chi connectivity index (χ4n) is 2.83. The number of hydrogen-bond donors (Lipinski definition) is 0. The Bertz CT molecular complexity index is 604. The Labute approximate surface area is 142 Å². The second kappa shape index (κ2) is 6.56. The van der Waals surface area contributed by atoms with Gasteiger partial charge in [0.25, 0.3) is 0 Å². The lowest BCUT2D eigenvalue weighted by molar-refractivity contribution is -0.120. The maximum Gasteiger partial charge on any atom is 0.227 e. The molecule has 0 saturated carbocycles. The first-order valence-corrected chi connectivity index (χ1v) is 8.35. The standard InChI is InChI=1S/C15H16BrClN2O3/c16-12-8-11(19-9-10(15(17)21)7-14(19)20)1-2-13(12)18-3-5-22-6-4-18/h1-2,8,10H,3-7,9H2/t10-/m1/s1. The quantitative estimate of drug-likeness (QED) is 0.747. The minimum atomic E-state index is -0.445. The van der Waals surface area contributed by atoms with Crippen molar-refractivity contribution in [3.05, 3.63) is 22.7 Å². The van der Waals surface area contributed by atoms with E-state index in [1.165, 1.54) is 0 Å². The zero-order valence-electron chi connectivity index (χ0n) is 11.9. The summed E-state index contributed by atoms with van der Waals surface area (Å²) in [6.45, 7) is 3.49. The highest BCUT2D eigenvalue weighted by atomic mass is 79.9. The first-order chi connectivity index (χ1) is 10.6. The van der Waals surface area contributed by atoms with Gasteiger partial charge < -0.3 is 14.5 Å². The molecule has 0 radical (unpaired) electrons. The van der Waals surface area contributed by atoms with Gasteiger partial charge in [-0.1, -0.05) is 0 Å². The average Bonchev–Trinajstić information content (AvgIpc) is 2.90. The number of morpholine rings is 1. The second-order valence-corrected chi connectivity index (χ2v) is 6.67. The lowest BCUT2D eigenvalue weighted by Gasteiger charge is -2.30. The molecule has 7 heteroatoms. The molecule has 0 aliphatic carbocycles. The van der Waals surface area contributed by atoms with Gasteiger partial charge in [0.2, 0.25) is 11.1 Å². The van der Waals surface area contributed by atoms with E-state index < -0.39 is 11.2 Å². The number of halogens is 2. The summed E-state index contributed by atoms with van der Waals surface area (Å²) in [6.07, 6.45) is 0.186. The minimum Gasteiger partial charge on any atom is -0.378 e. The van der Waals surface area contributed by atoms with E-state index in [0.29, 0.717) is 6.54 Å². The number of nitrogens with zero attached hydrogens (tertiary/aromatic N) is 2. The summed E-state index contributed by atoms with van der Waals surface area (Å²) in [5.41, 5.74) is 1.87. The van der Waals surface area contributed by atoms with Crippen molar-refractivity contribution in [2.45, 2.75) is 6.42 Å². The van der Waals surface area contributed by atoms with Gasteiger partial charge >= 0.3 is 0 Å². The van der Waals surface area contributed by atoms with Crippen molar-refractivity contribution in [2.75, 3.05) is 42.6 Å². The average molecular weight is 388 g/mol. The van der Waals surface area contributed by atoms with Crippen molar-refractivity contribution in [1.82, 2.24) is 0 Å². The summed E-state index contributed by atoms with van der Waals surface area (Å²) in [5, 5.41) is -0.445. The predicted molar refractivity (Wildman–Crippen MR) is 88.5 cm³/mol. The van der Waals surface area contributed by atoms with Crippen LogP contribution >= 0.6 is 27.5 Å². The van der Waals surface area contributed by atoms with Gasteiger partial charge in [-0.2, -0.15) is 0 Å². The molecule has 3 rings (SSSR count). The van der Waals surface area contributed by atoms with Gasteiger partial charge in [-0.05, 0) is 45.7 Å². The lowest BCUT2D eigenvalue weighted by Crippen LogP contribution is -2.36. The molecule has 0 spiro atoms. The third-order valence-electron chi connectivity index (χ3n) is 4.04. The summed E-state index contributed by atoms with van der Waals surface area (Å²) < 4.78 is 6.29. The predicted octanol–water partition coefficient (Wildman–Crippen LogP) is 2.40. The molecule has 118 valence electrons. The third kappa shape index (κ3) is 3.14. The maximum atomic E-state index is 12.1. The van der Waals surface area contributed by atoms with E-state index in [2.05, 4.69) is 20.8 Å². The Kier molecular flexibility index (Phi) is 4.70. The summed E-state index contributed by atoms with van der Waals surface area (Å²) >= 11 is 9.09. The van der Waals surface area contributed by atoms with Gasteiger partial charge in [0.1, 0.15) is 0 Å². The Morgan fingerprint density at radius 2 is 2.05 bits per heavy atom. The number of carbonyl (C=O) groups excluding carboxylic acids is 2. The third-order valence-corrected chi connectivity index (χ3v) is 4.98. The van der Waals surface area contributed by atoms with Crippen LogP contribution in [0.5, 0.6) is 0 Å². The fourth-order valence-corrected chi connectivity index (χ4v) is 3.60. The van der Waals surface area contributed by atoms with E-state index in [4.69, 9.17) is 16.3 Å². The van der Waals surface area contributed by atoms with E-state index in [9.17, 15) is 9.59 Å². The van der Waals surface area contributed by atoms with Gasteiger partial charge in [-0.25, -0.2) is 0 Å². The molecule has 2 saturated heterocycles. The molecule has 0 unspecified atom stereocenters. The molecule has 22 heavy (non-hydrogen) atoms. The highest BCUT2D eigenvalue weighted by molar-refractivity contribution is 9.10. The van der Waals surface area contributed by atoms with Crippen LogP contribution in [0.4, 0.5) is 11.4 Å². The van der Waals surface area contributed by atoms with E-state index in [0.717, 1.165) is 42.2 Å². The van der Waals surface area contributed by atoms with Crippen LogP contribution in [0.25, 0.3) is 0 Å². The Hall–Kier alpha value is -1.11. The van der Waals surface area contributed by atoms with E-state index in [-0.39, 0.29) is 12.3 Å². The summed E-state index contributed by atoms with van der Waals surface area (Å²) in [6, 6.07) is 5.83. The molecule has 0 N–H and O–H groups in total. The SMILES string of the molecule is O=C(Cl)[C@@H]1CC(=O)N(c2ccc(N3CCOCC3)c(Br)c2)C1. The molecule has 1 amide bonds. The van der Waals surface area contributed by atoms with Crippen LogP contribution in [0.2, 0.25) is 0 Å². The van der Waals surface area contributed by atoms with E-state index in [1.807, 2.05) is 18.2 Å². The van der Waals surface area contributed by atoms with Gasteiger partial charge in [-0.3, -0.25) is 9.59 Å². The van der Waals surface area contributed by atoms with Crippen LogP contribution in [-0.4, -0.2) is 44.0 Å². The summed E-state index contributed by atoms with van der Waals surface area (Å²) in [7, 11) is 0. The van der Waals surface area contributed by atoms with Gasteiger partial charge in [-0.15, -0.1) is 0 Å². The minimum absolute atomic E-state index is 0.0648. The molecule has 2 aliphatic heterocycles. The number of rotatable bonds is 3. The van der Waals surface area contributed by atoms with Crippen LogP contribution in [0, 0.1) is 5.92 Å². The van der Waals surface area contributed by atoms with Gasteiger partial charge in [0.15, 0.2) is 0 Å². The summed E-state index contributed by atoms with van der Waals surface area (Å²) in [5.74, 6) is -0.475. The van der Waals surface area contributed by atoms with Crippen molar-refractivity contribution < 1.29 is 14.3 Å². The Morgan fingerprint density at radius 3 is 2.64 bits per heavy atom. The first kappa shape index (κ1) is 15.8. The van der Waals surface area contributed by atoms with Gasteiger partial charge in [0, 0.05) is 36.2 Å². The molecular formula is C15H16BrClN2O3. The van der Waals surface area contributed by atoms with Crippen molar-refractivity contribution in [3.63, 3.8) is 0 Å². The number of amides is 1. The van der Waals surface area contributed by atoms with Crippen molar-refractivity contribution in [1.29, 1.82) is 0 Å². The van der Waals surface area contributed by atoms with Crippen LogP contribution in [0.15, 0.2) is 22.7 Å². The molecule has 2 fully saturated rings. The number of ether oxygens (including phenoxy) is 1. The lowest BCUT2D eigenvalue weighted by atomic mass is 10.1. The number of anilines is 2.